The lowest BCUT2D eigenvalue weighted by Gasteiger charge is -2.03. The predicted octanol–water partition coefficient (Wildman–Crippen LogP) is 2.61. The van der Waals surface area contributed by atoms with E-state index in [1.54, 1.807) is 13.8 Å². The highest BCUT2D eigenvalue weighted by atomic mass is 35.5. The lowest BCUT2D eigenvalue weighted by atomic mass is 10.3. The first-order valence-electron chi connectivity index (χ1n) is 5.05. The molecular formula is C11H10ClFN2O2. The number of carbonyl (C=O) groups excluding carboxylic acids is 1. The molecule has 2 heterocycles. The number of halogens is 2. The van der Waals surface area contributed by atoms with Gasteiger partial charge in [0.15, 0.2) is 17.2 Å². The summed E-state index contributed by atoms with van der Waals surface area (Å²) in [5.74, 6) is -1.12. The van der Waals surface area contributed by atoms with Crippen LogP contribution in [0.2, 0.25) is 5.02 Å². The third kappa shape index (κ3) is 1.98. The molecule has 0 aliphatic heterocycles. The van der Waals surface area contributed by atoms with Gasteiger partial charge in [-0.05, 0) is 19.9 Å². The maximum Gasteiger partial charge on any atom is 0.357 e. The van der Waals surface area contributed by atoms with Crippen LogP contribution in [-0.4, -0.2) is 22.0 Å². The number of aryl methyl sites for hydroxylation is 1. The summed E-state index contributed by atoms with van der Waals surface area (Å²) in [6.45, 7) is 3.56. The van der Waals surface area contributed by atoms with E-state index in [9.17, 15) is 9.18 Å². The van der Waals surface area contributed by atoms with Gasteiger partial charge in [-0.2, -0.15) is 0 Å². The number of esters is 1. The third-order valence-corrected chi connectivity index (χ3v) is 2.49. The van der Waals surface area contributed by atoms with Crippen molar-refractivity contribution >= 4 is 23.2 Å². The van der Waals surface area contributed by atoms with Gasteiger partial charge in [-0.25, -0.2) is 14.2 Å². The van der Waals surface area contributed by atoms with Crippen LogP contribution in [0.25, 0.3) is 5.65 Å². The molecular weight excluding hydrogens is 247 g/mol. The SMILES string of the molecule is CCOC(=O)c1c(C)nc2c(F)cc(Cl)cn12. The second-order valence-electron chi connectivity index (χ2n) is 3.47. The summed E-state index contributed by atoms with van der Waals surface area (Å²) in [4.78, 5) is 15.7. The molecule has 4 nitrogen and oxygen atoms in total. The van der Waals surface area contributed by atoms with E-state index in [4.69, 9.17) is 16.3 Å². The Bertz CT molecular complexity index is 595. The first kappa shape index (κ1) is 11.9. The van der Waals surface area contributed by atoms with Crippen molar-refractivity contribution in [3.63, 3.8) is 0 Å². The quantitative estimate of drug-likeness (QED) is 0.776. The van der Waals surface area contributed by atoms with E-state index in [1.807, 2.05) is 0 Å². The van der Waals surface area contributed by atoms with Crippen molar-refractivity contribution in [2.45, 2.75) is 13.8 Å². The standard InChI is InChI=1S/C11H10ClFN2O2/c1-3-17-11(16)9-6(2)14-10-8(13)4-7(12)5-15(9)10/h4-5H,3H2,1-2H3. The van der Waals surface area contributed by atoms with Crippen LogP contribution in [0.3, 0.4) is 0 Å². The summed E-state index contributed by atoms with van der Waals surface area (Å²) in [6, 6.07) is 1.15. The molecule has 0 amide bonds. The molecule has 0 aliphatic carbocycles. The average Bonchev–Trinajstić information content (AvgIpc) is 2.55. The zero-order chi connectivity index (χ0) is 12.6. The van der Waals surface area contributed by atoms with Crippen molar-refractivity contribution in [3.8, 4) is 0 Å². The average molecular weight is 257 g/mol. The summed E-state index contributed by atoms with van der Waals surface area (Å²) >= 11 is 5.75. The normalized spacial score (nSPS) is 10.8. The molecule has 0 bridgehead atoms. The first-order valence-corrected chi connectivity index (χ1v) is 5.43. The fraction of sp³-hybridized carbons (Fsp3) is 0.273. The van der Waals surface area contributed by atoms with Crippen LogP contribution in [0, 0.1) is 12.7 Å². The number of hydrogen-bond donors (Lipinski definition) is 0. The molecule has 0 unspecified atom stereocenters. The molecule has 2 rings (SSSR count). The molecule has 0 aromatic carbocycles. The minimum atomic E-state index is -0.573. The van der Waals surface area contributed by atoms with E-state index >= 15 is 0 Å². The van der Waals surface area contributed by atoms with E-state index in [-0.39, 0.29) is 23.0 Å². The van der Waals surface area contributed by atoms with Gasteiger partial charge in [0.25, 0.3) is 0 Å². The number of fused-ring (bicyclic) bond motifs is 1. The Morgan fingerprint density at radius 3 is 3.00 bits per heavy atom. The maximum absolute atomic E-state index is 13.6. The fourth-order valence-electron chi connectivity index (χ4n) is 1.63. The van der Waals surface area contributed by atoms with Crippen molar-refractivity contribution in [2.75, 3.05) is 6.61 Å². The molecule has 0 radical (unpaired) electrons. The maximum atomic E-state index is 13.6. The number of aromatic nitrogens is 2. The molecule has 0 atom stereocenters. The molecule has 0 spiro atoms. The molecule has 2 aromatic rings. The number of hydrogen-bond acceptors (Lipinski definition) is 3. The monoisotopic (exact) mass is 256 g/mol. The zero-order valence-electron chi connectivity index (χ0n) is 9.33. The van der Waals surface area contributed by atoms with Crippen molar-refractivity contribution in [2.24, 2.45) is 0 Å². The van der Waals surface area contributed by atoms with Gasteiger partial charge in [0, 0.05) is 6.20 Å². The number of rotatable bonds is 2. The first-order chi connectivity index (χ1) is 8.04. The highest BCUT2D eigenvalue weighted by Gasteiger charge is 2.19. The van der Waals surface area contributed by atoms with E-state index in [2.05, 4.69) is 4.98 Å². The van der Waals surface area contributed by atoms with Crippen LogP contribution in [0.1, 0.15) is 23.1 Å². The number of pyridine rings is 1. The Balaban J connectivity index is 2.70. The highest BCUT2D eigenvalue weighted by Crippen LogP contribution is 2.20. The molecule has 0 N–H and O–H groups in total. The van der Waals surface area contributed by atoms with Gasteiger partial charge >= 0.3 is 5.97 Å². The second kappa shape index (κ2) is 4.33. The predicted molar refractivity (Wildman–Crippen MR) is 60.9 cm³/mol. The zero-order valence-corrected chi connectivity index (χ0v) is 10.1. The number of nitrogens with zero attached hydrogens (tertiary/aromatic N) is 2. The van der Waals surface area contributed by atoms with Crippen LogP contribution in [0.4, 0.5) is 4.39 Å². The Kier molecular flexibility index (Phi) is 3.02. The summed E-state index contributed by atoms with van der Waals surface area (Å²) in [5, 5.41) is 0.193. The minimum absolute atomic E-state index is 0.0648. The highest BCUT2D eigenvalue weighted by molar-refractivity contribution is 6.30. The van der Waals surface area contributed by atoms with Crippen LogP contribution in [-0.2, 0) is 4.74 Å². The summed E-state index contributed by atoms with van der Waals surface area (Å²) < 4.78 is 19.8. The van der Waals surface area contributed by atoms with E-state index in [1.165, 1.54) is 10.6 Å². The van der Waals surface area contributed by atoms with Crippen LogP contribution in [0.15, 0.2) is 12.3 Å². The summed E-state index contributed by atoms with van der Waals surface area (Å²) in [6.07, 6.45) is 1.44. The molecule has 0 saturated heterocycles. The van der Waals surface area contributed by atoms with Gasteiger partial charge in [0.1, 0.15) is 0 Å². The van der Waals surface area contributed by atoms with Crippen LogP contribution in [0.5, 0.6) is 0 Å². The molecule has 6 heteroatoms. The van der Waals surface area contributed by atoms with Crippen LogP contribution < -0.4 is 0 Å². The van der Waals surface area contributed by atoms with Gasteiger partial charge in [0.2, 0.25) is 0 Å². The Morgan fingerprint density at radius 1 is 1.65 bits per heavy atom. The van der Waals surface area contributed by atoms with E-state index in [0.29, 0.717) is 5.69 Å². The van der Waals surface area contributed by atoms with Crippen molar-refractivity contribution in [1.82, 2.24) is 9.38 Å². The number of imidazole rings is 1. The molecule has 90 valence electrons. The molecule has 0 saturated carbocycles. The van der Waals surface area contributed by atoms with Crippen molar-refractivity contribution in [3.05, 3.63) is 34.5 Å². The molecule has 0 aliphatic rings. The fourth-order valence-corrected chi connectivity index (χ4v) is 1.83. The molecule has 17 heavy (non-hydrogen) atoms. The number of ether oxygens (including phenoxy) is 1. The summed E-state index contributed by atoms with van der Waals surface area (Å²) in [7, 11) is 0. The molecule has 0 fully saturated rings. The van der Waals surface area contributed by atoms with Gasteiger partial charge in [-0.1, -0.05) is 11.6 Å². The van der Waals surface area contributed by atoms with Gasteiger partial charge in [-0.15, -0.1) is 0 Å². The number of carbonyl (C=O) groups is 1. The lowest BCUT2D eigenvalue weighted by Crippen LogP contribution is -2.09. The Labute approximate surface area is 102 Å². The topological polar surface area (TPSA) is 43.6 Å². The molecule has 2 aromatic heterocycles. The minimum Gasteiger partial charge on any atom is -0.461 e. The lowest BCUT2D eigenvalue weighted by molar-refractivity contribution is 0.0517. The van der Waals surface area contributed by atoms with Gasteiger partial charge in [-0.3, -0.25) is 4.40 Å². The van der Waals surface area contributed by atoms with E-state index < -0.39 is 11.8 Å². The van der Waals surface area contributed by atoms with Crippen molar-refractivity contribution < 1.29 is 13.9 Å². The Morgan fingerprint density at radius 2 is 2.35 bits per heavy atom. The third-order valence-electron chi connectivity index (χ3n) is 2.28. The smallest absolute Gasteiger partial charge is 0.357 e. The van der Waals surface area contributed by atoms with Crippen molar-refractivity contribution in [1.29, 1.82) is 0 Å². The second-order valence-corrected chi connectivity index (χ2v) is 3.90. The van der Waals surface area contributed by atoms with Crippen LogP contribution >= 0.6 is 11.6 Å². The largest absolute Gasteiger partial charge is 0.461 e. The van der Waals surface area contributed by atoms with Gasteiger partial charge in [0.05, 0.1) is 17.3 Å². The summed E-state index contributed by atoms with van der Waals surface area (Å²) in [5.41, 5.74) is 0.669. The van der Waals surface area contributed by atoms with E-state index in [0.717, 1.165) is 6.07 Å². The van der Waals surface area contributed by atoms with Gasteiger partial charge < -0.3 is 4.74 Å². The Hall–Kier alpha value is -1.62.